The zero-order chi connectivity index (χ0) is 13.8. The van der Waals surface area contributed by atoms with Gasteiger partial charge in [0.1, 0.15) is 5.76 Å². The summed E-state index contributed by atoms with van der Waals surface area (Å²) in [5.74, 6) is -0.137. The molecule has 0 saturated carbocycles. The Bertz CT molecular complexity index is 437. The van der Waals surface area contributed by atoms with Crippen LogP contribution in [0.5, 0.6) is 0 Å². The van der Waals surface area contributed by atoms with Crippen molar-refractivity contribution in [2.75, 3.05) is 13.7 Å². The van der Waals surface area contributed by atoms with Crippen LogP contribution in [0.2, 0.25) is 0 Å². The third-order valence-corrected chi connectivity index (χ3v) is 2.58. The molecule has 0 aromatic carbocycles. The van der Waals surface area contributed by atoms with Gasteiger partial charge in [-0.05, 0) is 26.0 Å². The van der Waals surface area contributed by atoms with Gasteiger partial charge in [0.2, 0.25) is 11.7 Å². The molecule has 0 unspecified atom stereocenters. The van der Waals surface area contributed by atoms with E-state index < -0.39 is 11.4 Å². The normalized spacial score (nSPS) is 11.3. The molecule has 100 valence electrons. The maximum Gasteiger partial charge on any atom is 0.373 e. The highest BCUT2D eigenvalue weighted by atomic mass is 16.5. The number of ether oxygens (including phenoxy) is 1. The summed E-state index contributed by atoms with van der Waals surface area (Å²) in [5, 5.41) is 3.05. The Labute approximate surface area is 105 Å². The smallest absolute Gasteiger partial charge is 0.373 e. The average Bonchev–Trinajstić information content (AvgIpc) is 2.76. The lowest BCUT2D eigenvalue weighted by molar-refractivity contribution is -0.125. The number of carbonyl (C=O) groups excluding carboxylic acids is 2. The Morgan fingerprint density at radius 2 is 2.11 bits per heavy atom. The molecule has 1 aromatic rings. The predicted octanol–water partition coefficient (Wildman–Crippen LogP) is 0.667. The number of nitrogens with two attached hydrogens (primary N) is 1. The predicted molar refractivity (Wildman–Crippen MR) is 64.7 cm³/mol. The molecule has 6 heteroatoms. The number of hydrogen-bond donors (Lipinski definition) is 2. The number of amides is 1. The molecule has 0 saturated heterocycles. The van der Waals surface area contributed by atoms with Crippen LogP contribution < -0.4 is 11.1 Å². The molecule has 6 nitrogen and oxygen atoms in total. The molecule has 0 aliphatic rings. The van der Waals surface area contributed by atoms with Gasteiger partial charge in [-0.3, -0.25) is 4.79 Å². The van der Waals surface area contributed by atoms with Crippen LogP contribution in [0.15, 0.2) is 16.5 Å². The summed E-state index contributed by atoms with van der Waals surface area (Å²) in [5.41, 5.74) is 4.62. The molecule has 3 N–H and O–H groups in total. The molecule has 1 rings (SSSR count). The van der Waals surface area contributed by atoms with Crippen molar-refractivity contribution in [2.45, 2.75) is 20.4 Å². The van der Waals surface area contributed by atoms with Crippen molar-refractivity contribution in [1.29, 1.82) is 0 Å². The zero-order valence-electron chi connectivity index (χ0n) is 10.8. The van der Waals surface area contributed by atoms with Crippen LogP contribution in [0.1, 0.15) is 30.2 Å². The van der Waals surface area contributed by atoms with Crippen LogP contribution in [0, 0.1) is 5.41 Å². The Balaban J connectivity index is 2.47. The summed E-state index contributed by atoms with van der Waals surface area (Å²) in [4.78, 5) is 22.2. The summed E-state index contributed by atoms with van der Waals surface area (Å²) in [6.45, 7) is 4.35. The molecule has 0 aliphatic heterocycles. The van der Waals surface area contributed by atoms with Gasteiger partial charge in [0.15, 0.2) is 0 Å². The summed E-state index contributed by atoms with van der Waals surface area (Å²) < 4.78 is 9.78. The molecule has 1 amide bonds. The van der Waals surface area contributed by atoms with Gasteiger partial charge in [-0.15, -0.1) is 0 Å². The standard InChI is InChI=1S/C12H18N2O4/c1-12(2,11(13)16)7-14-6-8-4-5-9(18-8)10(15)17-3/h4-5,14H,6-7H2,1-3H3,(H2,13,16). The fraction of sp³-hybridized carbons (Fsp3) is 0.500. The number of primary amides is 1. The van der Waals surface area contributed by atoms with Gasteiger partial charge in [-0.1, -0.05) is 0 Å². The Hall–Kier alpha value is -1.82. The first kappa shape index (κ1) is 14.2. The lowest BCUT2D eigenvalue weighted by Crippen LogP contribution is -2.40. The van der Waals surface area contributed by atoms with E-state index in [2.05, 4.69) is 10.1 Å². The van der Waals surface area contributed by atoms with Crippen molar-refractivity contribution in [3.63, 3.8) is 0 Å². The molecular formula is C12H18N2O4. The summed E-state index contributed by atoms with van der Waals surface area (Å²) in [6, 6.07) is 3.22. The minimum Gasteiger partial charge on any atom is -0.463 e. The maximum absolute atomic E-state index is 11.2. The van der Waals surface area contributed by atoms with Gasteiger partial charge in [0.25, 0.3) is 0 Å². The topological polar surface area (TPSA) is 94.6 Å². The number of carbonyl (C=O) groups is 2. The van der Waals surface area contributed by atoms with Crippen LogP contribution in [0.3, 0.4) is 0 Å². The first-order valence-corrected chi connectivity index (χ1v) is 5.54. The Morgan fingerprint density at radius 3 is 2.67 bits per heavy atom. The van der Waals surface area contributed by atoms with E-state index in [1.807, 2.05) is 0 Å². The number of esters is 1. The van der Waals surface area contributed by atoms with E-state index in [-0.39, 0.29) is 11.7 Å². The van der Waals surface area contributed by atoms with Gasteiger partial charge < -0.3 is 20.2 Å². The minimum absolute atomic E-state index is 0.156. The maximum atomic E-state index is 11.2. The minimum atomic E-state index is -0.627. The second kappa shape index (κ2) is 5.68. The number of hydrogen-bond acceptors (Lipinski definition) is 5. The lowest BCUT2D eigenvalue weighted by atomic mass is 9.93. The summed E-state index contributed by atoms with van der Waals surface area (Å²) in [6.07, 6.45) is 0. The number of methoxy groups -OCH3 is 1. The fourth-order valence-electron chi connectivity index (χ4n) is 1.27. The zero-order valence-corrected chi connectivity index (χ0v) is 10.8. The second-order valence-electron chi connectivity index (χ2n) is 4.61. The van der Waals surface area contributed by atoms with E-state index >= 15 is 0 Å². The van der Waals surface area contributed by atoms with Crippen molar-refractivity contribution in [2.24, 2.45) is 11.1 Å². The van der Waals surface area contributed by atoms with Gasteiger partial charge in [-0.2, -0.15) is 0 Å². The number of furan rings is 1. The van der Waals surface area contributed by atoms with E-state index in [0.717, 1.165) is 0 Å². The van der Waals surface area contributed by atoms with Crippen LogP contribution >= 0.6 is 0 Å². The molecular weight excluding hydrogens is 236 g/mol. The van der Waals surface area contributed by atoms with E-state index in [1.54, 1.807) is 26.0 Å². The molecule has 18 heavy (non-hydrogen) atoms. The first-order valence-electron chi connectivity index (χ1n) is 5.54. The second-order valence-corrected chi connectivity index (χ2v) is 4.61. The van der Waals surface area contributed by atoms with Crippen molar-refractivity contribution >= 4 is 11.9 Å². The number of rotatable bonds is 6. The molecule has 0 spiro atoms. The third kappa shape index (κ3) is 3.59. The third-order valence-electron chi connectivity index (χ3n) is 2.58. The highest BCUT2D eigenvalue weighted by Gasteiger charge is 2.24. The van der Waals surface area contributed by atoms with Crippen LogP contribution in [0.25, 0.3) is 0 Å². The molecule has 0 aliphatic carbocycles. The SMILES string of the molecule is COC(=O)c1ccc(CNCC(C)(C)C(N)=O)o1. The summed E-state index contributed by atoms with van der Waals surface area (Å²) in [7, 11) is 1.29. The lowest BCUT2D eigenvalue weighted by Gasteiger charge is -2.20. The van der Waals surface area contributed by atoms with Crippen LogP contribution in [-0.2, 0) is 16.1 Å². The van der Waals surface area contributed by atoms with Crippen LogP contribution in [-0.4, -0.2) is 25.5 Å². The van der Waals surface area contributed by atoms with Crippen molar-refractivity contribution in [1.82, 2.24) is 5.32 Å². The highest BCUT2D eigenvalue weighted by molar-refractivity contribution is 5.86. The first-order chi connectivity index (χ1) is 8.36. The summed E-state index contributed by atoms with van der Waals surface area (Å²) >= 11 is 0. The molecule has 0 atom stereocenters. The molecule has 0 radical (unpaired) electrons. The Kier molecular flexibility index (Phi) is 4.49. The van der Waals surface area contributed by atoms with Gasteiger partial charge in [-0.25, -0.2) is 4.79 Å². The van der Waals surface area contributed by atoms with E-state index in [0.29, 0.717) is 18.8 Å². The number of nitrogens with one attached hydrogen (secondary N) is 1. The van der Waals surface area contributed by atoms with Crippen molar-refractivity contribution in [3.05, 3.63) is 23.7 Å². The van der Waals surface area contributed by atoms with Gasteiger partial charge in [0, 0.05) is 6.54 Å². The monoisotopic (exact) mass is 254 g/mol. The van der Waals surface area contributed by atoms with Crippen LogP contribution in [0.4, 0.5) is 0 Å². The Morgan fingerprint density at radius 1 is 1.44 bits per heavy atom. The van der Waals surface area contributed by atoms with E-state index in [1.165, 1.54) is 7.11 Å². The molecule has 1 aromatic heterocycles. The molecule has 0 bridgehead atoms. The van der Waals surface area contributed by atoms with E-state index in [9.17, 15) is 9.59 Å². The fourth-order valence-corrected chi connectivity index (χ4v) is 1.27. The highest BCUT2D eigenvalue weighted by Crippen LogP contribution is 2.13. The van der Waals surface area contributed by atoms with Crippen molar-refractivity contribution in [3.8, 4) is 0 Å². The van der Waals surface area contributed by atoms with Gasteiger partial charge >= 0.3 is 5.97 Å². The quantitative estimate of drug-likeness (QED) is 0.727. The average molecular weight is 254 g/mol. The van der Waals surface area contributed by atoms with Gasteiger partial charge in [0.05, 0.1) is 19.1 Å². The largest absolute Gasteiger partial charge is 0.463 e. The molecule has 0 fully saturated rings. The molecule has 1 heterocycles. The van der Waals surface area contributed by atoms with E-state index in [4.69, 9.17) is 10.2 Å². The van der Waals surface area contributed by atoms with Crippen molar-refractivity contribution < 1.29 is 18.7 Å².